The van der Waals surface area contributed by atoms with Crippen LogP contribution in [0.3, 0.4) is 0 Å². The number of hydrogen-bond donors (Lipinski definition) is 1. The van der Waals surface area contributed by atoms with E-state index in [4.69, 9.17) is 0 Å². The van der Waals surface area contributed by atoms with Crippen molar-refractivity contribution in [3.8, 4) is 16.3 Å². The zero-order valence-electron chi connectivity index (χ0n) is 13.6. The van der Waals surface area contributed by atoms with E-state index in [1.807, 2.05) is 22.9 Å². The van der Waals surface area contributed by atoms with Gasteiger partial charge < -0.3 is 4.57 Å². The topological polar surface area (TPSA) is 103 Å². The highest BCUT2D eigenvalue weighted by atomic mass is 32.1. The average Bonchev–Trinajstić information content (AvgIpc) is 3.42. The maximum Gasteiger partial charge on any atom is 0.294 e. The van der Waals surface area contributed by atoms with Gasteiger partial charge in [0.25, 0.3) is 11.6 Å². The van der Waals surface area contributed by atoms with Crippen molar-refractivity contribution in [1.29, 1.82) is 0 Å². The lowest BCUT2D eigenvalue weighted by molar-refractivity contribution is -0.384. The Labute approximate surface area is 160 Å². The smallest absolute Gasteiger partial charge is 0.294 e. The van der Waals surface area contributed by atoms with Gasteiger partial charge in [0, 0.05) is 29.4 Å². The summed E-state index contributed by atoms with van der Waals surface area (Å²) < 4.78 is 1.52. The van der Waals surface area contributed by atoms with E-state index in [2.05, 4.69) is 15.3 Å². The van der Waals surface area contributed by atoms with Gasteiger partial charge in [-0.3, -0.25) is 20.2 Å². The van der Waals surface area contributed by atoms with Gasteiger partial charge in [-0.25, -0.2) is 9.97 Å². The summed E-state index contributed by atoms with van der Waals surface area (Å²) in [5, 5.41) is 18.3. The van der Waals surface area contributed by atoms with Crippen LogP contribution >= 0.6 is 22.7 Å². The second-order valence-corrected chi connectivity index (χ2v) is 7.21. The van der Waals surface area contributed by atoms with Gasteiger partial charge in [-0.2, -0.15) is 0 Å². The monoisotopic (exact) mass is 397 g/mol. The van der Waals surface area contributed by atoms with Crippen molar-refractivity contribution in [2.75, 3.05) is 5.32 Å². The predicted octanol–water partition coefficient (Wildman–Crippen LogP) is 4.22. The number of hydrogen-bond acceptors (Lipinski definition) is 7. The molecule has 0 saturated carbocycles. The summed E-state index contributed by atoms with van der Waals surface area (Å²) in [6.07, 6.45) is 4.59. The van der Waals surface area contributed by atoms with Crippen LogP contribution in [0.2, 0.25) is 0 Å². The summed E-state index contributed by atoms with van der Waals surface area (Å²) >= 11 is 2.86. The van der Waals surface area contributed by atoms with Crippen LogP contribution in [0.1, 0.15) is 10.4 Å². The number of nitro groups is 1. The first-order valence-electron chi connectivity index (χ1n) is 7.69. The highest BCUT2D eigenvalue weighted by molar-refractivity contribution is 7.16. The molecule has 4 aromatic rings. The maximum absolute atomic E-state index is 12.5. The van der Waals surface area contributed by atoms with Crippen LogP contribution in [-0.4, -0.2) is 25.4 Å². The summed E-state index contributed by atoms with van der Waals surface area (Å²) in [5.74, 6) is -0.456. The quantitative estimate of drug-likeness (QED) is 0.401. The molecule has 134 valence electrons. The molecule has 0 aliphatic heterocycles. The number of nitrogens with one attached hydrogen (secondary N) is 1. The first-order valence-corrected chi connectivity index (χ1v) is 9.45. The number of imidazole rings is 1. The molecule has 0 spiro atoms. The lowest BCUT2D eigenvalue weighted by Crippen LogP contribution is -2.12. The number of thiophene rings is 1. The van der Waals surface area contributed by atoms with Gasteiger partial charge in [0.1, 0.15) is 5.69 Å². The molecule has 0 aliphatic rings. The summed E-state index contributed by atoms with van der Waals surface area (Å²) in [6.45, 7) is 0. The maximum atomic E-state index is 12.5. The normalized spacial score (nSPS) is 10.7. The van der Waals surface area contributed by atoms with Gasteiger partial charge in [-0.05, 0) is 23.6 Å². The summed E-state index contributed by atoms with van der Waals surface area (Å²) in [7, 11) is 0. The number of aromatic nitrogens is 3. The van der Waals surface area contributed by atoms with Crippen molar-refractivity contribution in [1.82, 2.24) is 14.5 Å². The Morgan fingerprint density at radius 3 is 2.85 bits per heavy atom. The van der Waals surface area contributed by atoms with Gasteiger partial charge in [0.15, 0.2) is 5.13 Å². The third kappa shape index (κ3) is 3.48. The molecule has 4 rings (SSSR count). The molecule has 3 heterocycles. The average molecular weight is 397 g/mol. The van der Waals surface area contributed by atoms with Crippen molar-refractivity contribution >= 4 is 39.4 Å². The molecule has 10 heteroatoms. The number of benzene rings is 1. The first-order chi connectivity index (χ1) is 13.1. The minimum absolute atomic E-state index is 0.179. The fraction of sp³-hybridized carbons (Fsp3) is 0. The van der Waals surface area contributed by atoms with E-state index in [9.17, 15) is 14.9 Å². The van der Waals surface area contributed by atoms with Crippen LogP contribution in [0.4, 0.5) is 10.8 Å². The fourth-order valence-electron chi connectivity index (χ4n) is 2.47. The third-order valence-corrected chi connectivity index (χ3v) is 5.37. The molecule has 0 unspecified atom stereocenters. The molecule has 0 bridgehead atoms. The molecule has 1 amide bonds. The largest absolute Gasteiger partial charge is 0.300 e. The van der Waals surface area contributed by atoms with Crippen LogP contribution in [-0.2, 0) is 0 Å². The second kappa shape index (κ2) is 7.09. The molecular weight excluding hydrogens is 386 g/mol. The Morgan fingerprint density at radius 1 is 1.26 bits per heavy atom. The Hall–Kier alpha value is -3.37. The van der Waals surface area contributed by atoms with Crippen molar-refractivity contribution in [3.63, 3.8) is 0 Å². The number of rotatable bonds is 5. The number of nitro benzene ring substituents is 1. The van der Waals surface area contributed by atoms with Crippen LogP contribution in [0.5, 0.6) is 0 Å². The molecule has 3 aromatic heterocycles. The van der Waals surface area contributed by atoms with Crippen molar-refractivity contribution < 1.29 is 9.72 Å². The van der Waals surface area contributed by atoms with E-state index in [1.165, 1.54) is 46.6 Å². The first kappa shape index (κ1) is 17.1. The lowest BCUT2D eigenvalue weighted by Gasteiger charge is -2.06. The standard InChI is InChI=1S/C17H11N5O3S2/c23-16(20-17-19-12(9-27-17)15-2-1-7-26-15)11-3-4-13(14(8-11)22(24)25)21-6-5-18-10-21/h1-10H,(H,19,20,23). The minimum atomic E-state index is -0.523. The molecule has 0 fully saturated rings. The van der Waals surface area contributed by atoms with Crippen molar-refractivity contribution in [2.45, 2.75) is 0 Å². The van der Waals surface area contributed by atoms with Crippen molar-refractivity contribution in [2.24, 2.45) is 0 Å². The summed E-state index contributed by atoms with van der Waals surface area (Å²) in [6, 6.07) is 8.18. The highest BCUT2D eigenvalue weighted by Gasteiger charge is 2.19. The van der Waals surface area contributed by atoms with E-state index in [-0.39, 0.29) is 11.3 Å². The van der Waals surface area contributed by atoms with E-state index in [0.29, 0.717) is 10.8 Å². The summed E-state index contributed by atoms with van der Waals surface area (Å²) in [5.41, 5.74) is 1.12. The van der Waals surface area contributed by atoms with Gasteiger partial charge in [0.2, 0.25) is 0 Å². The number of carbonyl (C=O) groups is 1. The molecule has 0 aliphatic carbocycles. The number of anilines is 1. The van der Waals surface area contributed by atoms with Gasteiger partial charge in [-0.1, -0.05) is 6.07 Å². The van der Waals surface area contributed by atoms with E-state index in [1.54, 1.807) is 17.5 Å². The number of amides is 1. The Bertz CT molecular complexity index is 1100. The highest BCUT2D eigenvalue weighted by Crippen LogP contribution is 2.29. The number of thiazole rings is 1. The van der Waals surface area contributed by atoms with E-state index >= 15 is 0 Å². The molecule has 1 N–H and O–H groups in total. The van der Waals surface area contributed by atoms with Crippen molar-refractivity contribution in [3.05, 3.63) is 75.5 Å². The van der Waals surface area contributed by atoms with Crippen LogP contribution < -0.4 is 5.32 Å². The van der Waals surface area contributed by atoms with Gasteiger partial charge in [-0.15, -0.1) is 22.7 Å². The molecule has 1 aromatic carbocycles. The number of carbonyl (C=O) groups excluding carboxylic acids is 1. The third-order valence-electron chi connectivity index (χ3n) is 3.72. The molecule has 0 saturated heterocycles. The lowest BCUT2D eigenvalue weighted by atomic mass is 10.1. The van der Waals surface area contributed by atoms with Crippen LogP contribution in [0, 0.1) is 10.1 Å². The predicted molar refractivity (Wildman–Crippen MR) is 104 cm³/mol. The Morgan fingerprint density at radius 2 is 2.15 bits per heavy atom. The Kier molecular flexibility index (Phi) is 4.48. The zero-order valence-corrected chi connectivity index (χ0v) is 15.2. The fourth-order valence-corrected chi connectivity index (χ4v) is 3.94. The molecular formula is C17H11N5O3S2. The van der Waals surface area contributed by atoms with Crippen LogP contribution in [0.25, 0.3) is 16.3 Å². The molecule has 27 heavy (non-hydrogen) atoms. The Balaban J connectivity index is 1.59. The van der Waals surface area contributed by atoms with Gasteiger partial charge >= 0.3 is 0 Å². The summed E-state index contributed by atoms with van der Waals surface area (Å²) in [4.78, 5) is 32.7. The molecule has 8 nitrogen and oxygen atoms in total. The molecule has 0 atom stereocenters. The van der Waals surface area contributed by atoms with E-state index < -0.39 is 10.8 Å². The minimum Gasteiger partial charge on any atom is -0.300 e. The number of nitrogens with zero attached hydrogens (tertiary/aromatic N) is 4. The zero-order chi connectivity index (χ0) is 18.8. The SMILES string of the molecule is O=C(Nc1nc(-c2cccs2)cs1)c1ccc(-n2ccnc2)c([N+](=O)[O-])c1. The second-order valence-electron chi connectivity index (χ2n) is 5.40. The van der Waals surface area contributed by atoms with E-state index in [0.717, 1.165) is 10.6 Å². The van der Waals surface area contributed by atoms with Gasteiger partial charge in [0.05, 0.1) is 21.8 Å². The van der Waals surface area contributed by atoms with Crippen LogP contribution in [0.15, 0.2) is 59.8 Å². The molecule has 0 radical (unpaired) electrons.